The zero-order valence-corrected chi connectivity index (χ0v) is 20.1. The van der Waals surface area contributed by atoms with Crippen LogP contribution in [-0.4, -0.2) is 71.4 Å². The summed E-state index contributed by atoms with van der Waals surface area (Å²) in [5.41, 5.74) is 0.277. The average molecular weight is 516 g/mol. The molecule has 0 amide bonds. The van der Waals surface area contributed by atoms with Crippen LogP contribution >= 0.6 is 24.0 Å². The van der Waals surface area contributed by atoms with Crippen LogP contribution in [0.3, 0.4) is 0 Å². The highest BCUT2D eigenvalue weighted by atomic mass is 127. The van der Waals surface area contributed by atoms with Crippen molar-refractivity contribution in [3.8, 4) is 0 Å². The van der Waals surface area contributed by atoms with Gasteiger partial charge in [0.25, 0.3) is 0 Å². The van der Waals surface area contributed by atoms with Crippen molar-refractivity contribution in [2.75, 3.05) is 52.7 Å². The molecule has 0 bridgehead atoms. The minimum absolute atomic E-state index is 0. The van der Waals surface area contributed by atoms with Crippen molar-refractivity contribution >= 4 is 40.0 Å². The molecule has 1 aliphatic heterocycles. The maximum absolute atomic E-state index is 11.7. The Labute approximate surface area is 182 Å². The maximum atomic E-state index is 11.7. The monoisotopic (exact) mass is 516 g/mol. The Kier molecular flexibility index (Phi) is 10.9. The highest BCUT2D eigenvalue weighted by Crippen LogP contribution is 2.41. The van der Waals surface area contributed by atoms with Crippen molar-refractivity contribution in [3.05, 3.63) is 0 Å². The standard InChI is InChI=1S/C18H36N4O3S.HI/c1-4-19-17(20-13-16-7-11-22(14-16)26(3,23)24)21-15-18(10-12-25-2)8-5-6-9-18;/h16H,4-15H2,1-3H3,(H2,19,20,21);1H. The first kappa shape index (κ1) is 24.9. The summed E-state index contributed by atoms with van der Waals surface area (Å²) in [6.45, 7) is 6.48. The van der Waals surface area contributed by atoms with Gasteiger partial charge in [-0.15, -0.1) is 24.0 Å². The summed E-state index contributed by atoms with van der Waals surface area (Å²) in [7, 11) is -1.31. The van der Waals surface area contributed by atoms with Crippen LogP contribution in [0, 0.1) is 11.3 Å². The van der Waals surface area contributed by atoms with Gasteiger partial charge in [0.2, 0.25) is 10.0 Å². The summed E-state index contributed by atoms with van der Waals surface area (Å²) >= 11 is 0. The highest BCUT2D eigenvalue weighted by Gasteiger charge is 2.33. The van der Waals surface area contributed by atoms with Crippen molar-refractivity contribution in [2.24, 2.45) is 16.3 Å². The summed E-state index contributed by atoms with van der Waals surface area (Å²) in [5.74, 6) is 1.18. The molecule has 0 radical (unpaired) electrons. The van der Waals surface area contributed by atoms with Crippen LogP contribution in [0.5, 0.6) is 0 Å². The fourth-order valence-corrected chi connectivity index (χ4v) is 4.94. The van der Waals surface area contributed by atoms with E-state index in [9.17, 15) is 8.42 Å². The lowest BCUT2D eigenvalue weighted by Crippen LogP contribution is -2.41. The van der Waals surface area contributed by atoms with Gasteiger partial charge in [-0.05, 0) is 43.9 Å². The predicted molar refractivity (Wildman–Crippen MR) is 121 cm³/mol. The summed E-state index contributed by atoms with van der Waals surface area (Å²) in [6, 6.07) is 0. The molecule has 2 fully saturated rings. The zero-order valence-electron chi connectivity index (χ0n) is 17.0. The number of methoxy groups -OCH3 is 1. The molecule has 1 atom stereocenters. The Bertz CT molecular complexity index is 565. The quantitative estimate of drug-likeness (QED) is 0.279. The molecule has 0 aromatic carbocycles. The van der Waals surface area contributed by atoms with Gasteiger partial charge in [-0.1, -0.05) is 12.8 Å². The Hall–Kier alpha value is -0.130. The fourth-order valence-electron chi connectivity index (χ4n) is 4.03. The van der Waals surface area contributed by atoms with Gasteiger partial charge < -0.3 is 15.4 Å². The van der Waals surface area contributed by atoms with E-state index >= 15 is 0 Å². The highest BCUT2D eigenvalue weighted by molar-refractivity contribution is 14.0. The van der Waals surface area contributed by atoms with Crippen molar-refractivity contribution in [2.45, 2.75) is 45.4 Å². The molecule has 1 saturated heterocycles. The Morgan fingerprint density at radius 3 is 2.56 bits per heavy atom. The molecule has 7 nitrogen and oxygen atoms in total. The Balaban J connectivity index is 0.00000364. The first-order chi connectivity index (χ1) is 12.4. The van der Waals surface area contributed by atoms with Crippen LogP contribution in [0.4, 0.5) is 0 Å². The van der Waals surface area contributed by atoms with Crippen LogP contribution in [0.1, 0.15) is 45.4 Å². The second-order valence-corrected chi connectivity index (χ2v) is 9.78. The van der Waals surface area contributed by atoms with E-state index in [-0.39, 0.29) is 29.4 Å². The van der Waals surface area contributed by atoms with E-state index in [1.165, 1.54) is 31.9 Å². The van der Waals surface area contributed by atoms with Crippen LogP contribution in [0.15, 0.2) is 4.99 Å². The molecule has 2 N–H and O–H groups in total. The summed E-state index contributed by atoms with van der Waals surface area (Å²) in [6.07, 6.45) is 8.28. The lowest BCUT2D eigenvalue weighted by atomic mass is 9.83. The van der Waals surface area contributed by atoms with E-state index in [0.29, 0.717) is 19.0 Å². The van der Waals surface area contributed by atoms with E-state index in [2.05, 4.69) is 17.6 Å². The van der Waals surface area contributed by atoms with Gasteiger partial charge in [-0.25, -0.2) is 12.7 Å². The molecule has 0 spiro atoms. The van der Waals surface area contributed by atoms with Crippen molar-refractivity contribution < 1.29 is 13.2 Å². The summed E-state index contributed by atoms with van der Waals surface area (Å²) in [5, 5.41) is 6.74. The number of nitrogens with one attached hydrogen (secondary N) is 2. The van der Waals surface area contributed by atoms with Crippen molar-refractivity contribution in [1.29, 1.82) is 0 Å². The van der Waals surface area contributed by atoms with Gasteiger partial charge in [0.1, 0.15) is 0 Å². The SMILES string of the molecule is CCNC(=NCC1(CCOC)CCCC1)NCC1CCN(S(C)(=O)=O)C1.I. The van der Waals surface area contributed by atoms with Gasteiger partial charge in [0.05, 0.1) is 6.26 Å². The number of hydrogen-bond acceptors (Lipinski definition) is 4. The second kappa shape index (κ2) is 11.8. The molecule has 2 aliphatic rings. The number of halogens is 1. The van der Waals surface area contributed by atoms with Crippen LogP contribution < -0.4 is 10.6 Å². The number of sulfonamides is 1. The number of ether oxygens (including phenoxy) is 1. The third kappa shape index (κ3) is 8.02. The van der Waals surface area contributed by atoms with E-state index in [1.807, 2.05) is 0 Å². The van der Waals surface area contributed by atoms with Gasteiger partial charge >= 0.3 is 0 Å². The maximum Gasteiger partial charge on any atom is 0.211 e. The Morgan fingerprint density at radius 2 is 2.00 bits per heavy atom. The topological polar surface area (TPSA) is 83.0 Å². The molecule has 9 heteroatoms. The lowest BCUT2D eigenvalue weighted by molar-refractivity contribution is 0.141. The molecule has 160 valence electrons. The normalized spacial score (nSPS) is 23.2. The zero-order chi connectivity index (χ0) is 19.0. The molecular weight excluding hydrogens is 479 g/mol. The smallest absolute Gasteiger partial charge is 0.211 e. The van der Waals surface area contributed by atoms with Crippen LogP contribution in [-0.2, 0) is 14.8 Å². The fraction of sp³-hybridized carbons (Fsp3) is 0.944. The van der Waals surface area contributed by atoms with Gasteiger partial charge in [0.15, 0.2) is 5.96 Å². The average Bonchev–Trinajstić information content (AvgIpc) is 3.25. The molecule has 0 aromatic heterocycles. The van der Waals surface area contributed by atoms with E-state index in [0.717, 1.165) is 45.0 Å². The van der Waals surface area contributed by atoms with E-state index < -0.39 is 10.0 Å². The minimum Gasteiger partial charge on any atom is -0.385 e. The van der Waals surface area contributed by atoms with Gasteiger partial charge in [-0.3, -0.25) is 4.99 Å². The minimum atomic E-state index is -3.07. The first-order valence-electron chi connectivity index (χ1n) is 9.85. The molecule has 1 aliphatic carbocycles. The van der Waals surface area contributed by atoms with Crippen molar-refractivity contribution in [3.63, 3.8) is 0 Å². The summed E-state index contributed by atoms with van der Waals surface area (Å²) in [4.78, 5) is 4.86. The summed E-state index contributed by atoms with van der Waals surface area (Å²) < 4.78 is 30.2. The van der Waals surface area contributed by atoms with Gasteiger partial charge in [0, 0.05) is 46.4 Å². The van der Waals surface area contributed by atoms with E-state index in [1.54, 1.807) is 11.4 Å². The van der Waals surface area contributed by atoms with Crippen LogP contribution in [0.2, 0.25) is 0 Å². The Morgan fingerprint density at radius 1 is 1.30 bits per heavy atom. The first-order valence-corrected chi connectivity index (χ1v) is 11.7. The molecule has 27 heavy (non-hydrogen) atoms. The third-order valence-electron chi connectivity index (χ3n) is 5.69. The van der Waals surface area contributed by atoms with Crippen LogP contribution in [0.25, 0.3) is 0 Å². The number of guanidine groups is 1. The van der Waals surface area contributed by atoms with E-state index in [4.69, 9.17) is 9.73 Å². The van der Waals surface area contributed by atoms with Gasteiger partial charge in [-0.2, -0.15) is 0 Å². The second-order valence-electron chi connectivity index (χ2n) is 7.80. The molecule has 0 aromatic rings. The van der Waals surface area contributed by atoms with Crippen molar-refractivity contribution in [1.82, 2.24) is 14.9 Å². The molecule has 2 rings (SSSR count). The number of aliphatic imine (C=N–C) groups is 1. The predicted octanol–water partition coefficient (Wildman–Crippen LogP) is 2.04. The third-order valence-corrected chi connectivity index (χ3v) is 6.96. The number of nitrogens with zero attached hydrogens (tertiary/aromatic N) is 2. The number of rotatable bonds is 9. The number of hydrogen-bond donors (Lipinski definition) is 2. The molecule has 1 saturated carbocycles. The molecule has 1 heterocycles. The molecular formula is C18H37IN4O3S. The largest absolute Gasteiger partial charge is 0.385 e. The lowest BCUT2D eigenvalue weighted by Gasteiger charge is -2.27. The molecule has 1 unspecified atom stereocenters.